The number of pyridine rings is 1. The van der Waals surface area contributed by atoms with Gasteiger partial charge in [0.2, 0.25) is 11.8 Å². The molecule has 3 N–H and O–H groups in total. The normalized spacial score (nSPS) is 17.4. The minimum Gasteiger partial charge on any atom is -0.508 e. The lowest BCUT2D eigenvalue weighted by Crippen LogP contribution is -2.49. The number of amides is 2. The van der Waals surface area contributed by atoms with E-state index in [1.165, 1.54) is 23.2 Å². The van der Waals surface area contributed by atoms with Crippen LogP contribution in [0.1, 0.15) is 28.2 Å². The zero-order chi connectivity index (χ0) is 29.7. The van der Waals surface area contributed by atoms with Crippen LogP contribution in [0.5, 0.6) is 11.6 Å². The van der Waals surface area contributed by atoms with E-state index in [1.807, 2.05) is 17.7 Å². The molecule has 12 heteroatoms. The molecule has 4 rings (SSSR count). The molecule has 1 aliphatic heterocycles. The Balaban J connectivity index is 1.39. The molecule has 1 aromatic carbocycles. The number of aromatic hydroxyl groups is 1. The van der Waals surface area contributed by atoms with Crippen LogP contribution in [-0.2, 0) is 22.7 Å². The third-order valence-electron chi connectivity index (χ3n) is 7.00. The molecule has 220 valence electrons. The van der Waals surface area contributed by atoms with Gasteiger partial charge in [0, 0.05) is 45.6 Å². The Bertz CT molecular complexity index is 1370. The summed E-state index contributed by atoms with van der Waals surface area (Å²) in [4.78, 5) is 35.3. The van der Waals surface area contributed by atoms with Gasteiger partial charge in [-0.1, -0.05) is 31.8 Å². The monoisotopic (exact) mass is 583 g/mol. The number of nitrogens with zero attached hydrogens (tertiary/aromatic N) is 4. The van der Waals surface area contributed by atoms with E-state index in [2.05, 4.69) is 29.6 Å². The van der Waals surface area contributed by atoms with Gasteiger partial charge in [0.15, 0.2) is 6.17 Å². The van der Waals surface area contributed by atoms with Gasteiger partial charge in [-0.15, -0.1) is 0 Å². The van der Waals surface area contributed by atoms with Crippen LogP contribution in [0, 0.1) is 6.92 Å². The minimum absolute atomic E-state index is 0.0270. The van der Waals surface area contributed by atoms with E-state index < -0.39 is 26.3 Å². The van der Waals surface area contributed by atoms with Crippen molar-refractivity contribution in [2.24, 2.45) is 5.73 Å². The number of nitrogens with two attached hydrogens (primary N) is 1. The first-order valence-corrected chi connectivity index (χ1v) is 17.4. The fourth-order valence-corrected chi connectivity index (χ4v) is 5.23. The molecular weight excluding hydrogens is 545 g/mol. The van der Waals surface area contributed by atoms with Gasteiger partial charge in [-0.25, -0.2) is 14.4 Å². The number of aromatic nitrogens is 3. The van der Waals surface area contributed by atoms with Crippen LogP contribution in [0.25, 0.3) is 11.3 Å². The van der Waals surface area contributed by atoms with Crippen molar-refractivity contribution in [1.29, 1.82) is 0 Å². The van der Waals surface area contributed by atoms with Crippen molar-refractivity contribution in [3.63, 3.8) is 0 Å². The topological polar surface area (TPSA) is 133 Å². The number of carbonyl (C=O) groups is 2. The SMILES string of the molecule is Cc1nc(-c2cnc(O[C@@H]3CCN(C(=O)Cc4ccc(O)cc4)C[C@@H]3F)c(C(N)=O)c2)cn1COCC[Si](C)(C)C. The summed E-state index contributed by atoms with van der Waals surface area (Å²) in [7, 11) is -1.19. The number of hydrogen-bond acceptors (Lipinski definition) is 7. The molecule has 1 fully saturated rings. The van der Waals surface area contributed by atoms with Gasteiger partial charge in [0.25, 0.3) is 5.91 Å². The van der Waals surface area contributed by atoms with E-state index >= 15 is 4.39 Å². The predicted octanol–water partition coefficient (Wildman–Crippen LogP) is 3.93. The molecule has 3 aromatic rings. The third kappa shape index (κ3) is 8.14. The summed E-state index contributed by atoms with van der Waals surface area (Å²) in [5, 5.41) is 9.42. The van der Waals surface area contributed by atoms with Crippen LogP contribution in [-0.4, -0.2) is 76.4 Å². The molecule has 2 aromatic heterocycles. The van der Waals surface area contributed by atoms with Crippen LogP contribution < -0.4 is 10.5 Å². The molecule has 0 radical (unpaired) electrons. The van der Waals surface area contributed by atoms with E-state index in [1.54, 1.807) is 18.2 Å². The van der Waals surface area contributed by atoms with Gasteiger partial charge in [0.1, 0.15) is 30.0 Å². The van der Waals surface area contributed by atoms with Gasteiger partial charge in [-0.3, -0.25) is 9.59 Å². The van der Waals surface area contributed by atoms with E-state index in [-0.39, 0.29) is 42.5 Å². The second-order valence-electron chi connectivity index (χ2n) is 11.6. The van der Waals surface area contributed by atoms with E-state index in [0.29, 0.717) is 31.1 Å². The van der Waals surface area contributed by atoms with Crippen LogP contribution in [0.15, 0.2) is 42.7 Å². The number of carbonyl (C=O) groups excluding carboxylic acids is 2. The summed E-state index contributed by atoms with van der Waals surface area (Å²) in [5.41, 5.74) is 7.56. The van der Waals surface area contributed by atoms with Crippen LogP contribution in [0.3, 0.4) is 0 Å². The van der Waals surface area contributed by atoms with Crippen molar-refractivity contribution in [3.05, 3.63) is 59.7 Å². The van der Waals surface area contributed by atoms with Crippen LogP contribution >= 0.6 is 0 Å². The van der Waals surface area contributed by atoms with Crippen molar-refractivity contribution < 1.29 is 28.6 Å². The zero-order valence-electron chi connectivity index (χ0n) is 24.0. The Kier molecular flexibility index (Phi) is 9.44. The number of likely N-dealkylation sites (tertiary alicyclic amines) is 1. The van der Waals surface area contributed by atoms with Crippen molar-refractivity contribution in [2.75, 3.05) is 19.7 Å². The lowest BCUT2D eigenvalue weighted by molar-refractivity contribution is -0.134. The Hall–Kier alpha value is -3.77. The number of aryl methyl sites for hydroxylation is 1. The van der Waals surface area contributed by atoms with Crippen molar-refractivity contribution in [3.8, 4) is 22.9 Å². The summed E-state index contributed by atoms with van der Waals surface area (Å²) >= 11 is 0. The number of phenols is 1. The number of benzene rings is 1. The average Bonchev–Trinajstić information content (AvgIpc) is 3.28. The Morgan fingerprint density at radius 2 is 1.95 bits per heavy atom. The fourth-order valence-electron chi connectivity index (χ4n) is 4.47. The maximum absolute atomic E-state index is 15.1. The van der Waals surface area contributed by atoms with Gasteiger partial charge in [0.05, 0.1) is 18.7 Å². The first-order chi connectivity index (χ1) is 19.4. The van der Waals surface area contributed by atoms with E-state index in [4.69, 9.17) is 15.2 Å². The molecule has 0 spiro atoms. The number of halogens is 1. The standard InChI is InChI=1S/C29H38FN5O5Si/c1-19-33-25(17-35(19)18-39-11-12-41(2,3)4)21-14-23(28(31)38)29(32-15-21)40-26-9-10-34(16-24(26)30)27(37)13-20-5-7-22(36)8-6-20/h5-8,14-15,17,24,26,36H,9-13,16,18H2,1-4H3,(H2,31,38)/t24-,26+/m0/s1. The second-order valence-corrected chi connectivity index (χ2v) is 17.2. The first kappa shape index (κ1) is 30.2. The zero-order valence-corrected chi connectivity index (χ0v) is 25.0. The van der Waals surface area contributed by atoms with Gasteiger partial charge >= 0.3 is 0 Å². The summed E-state index contributed by atoms with van der Waals surface area (Å²) in [6.45, 7) is 9.98. The summed E-state index contributed by atoms with van der Waals surface area (Å²) in [6.07, 6.45) is 1.31. The van der Waals surface area contributed by atoms with E-state index in [9.17, 15) is 14.7 Å². The molecule has 1 aliphatic rings. The quantitative estimate of drug-likeness (QED) is 0.258. The predicted molar refractivity (Wildman–Crippen MR) is 155 cm³/mol. The maximum atomic E-state index is 15.1. The average molecular weight is 584 g/mol. The number of alkyl halides is 1. The second kappa shape index (κ2) is 12.8. The van der Waals surface area contributed by atoms with Crippen LogP contribution in [0.4, 0.5) is 4.39 Å². The van der Waals surface area contributed by atoms with Crippen molar-refractivity contribution in [1.82, 2.24) is 19.4 Å². The van der Waals surface area contributed by atoms with Gasteiger partial charge in [-0.2, -0.15) is 0 Å². The molecule has 0 bridgehead atoms. The highest BCUT2D eigenvalue weighted by Crippen LogP contribution is 2.27. The van der Waals surface area contributed by atoms with E-state index in [0.717, 1.165) is 17.4 Å². The highest BCUT2D eigenvalue weighted by Gasteiger charge is 2.34. The van der Waals surface area contributed by atoms with Crippen molar-refractivity contribution in [2.45, 2.75) is 64.5 Å². The van der Waals surface area contributed by atoms with Crippen molar-refractivity contribution >= 4 is 19.9 Å². The number of imidazole rings is 1. The highest BCUT2D eigenvalue weighted by molar-refractivity contribution is 6.76. The summed E-state index contributed by atoms with van der Waals surface area (Å²) in [5.74, 6) is -0.155. The number of phenolic OH excluding ortho intramolecular Hbond substituents is 1. The Morgan fingerprint density at radius 3 is 2.61 bits per heavy atom. The number of ether oxygens (including phenoxy) is 2. The van der Waals surface area contributed by atoms with Gasteiger partial charge in [-0.05, 0) is 36.7 Å². The Morgan fingerprint density at radius 1 is 1.22 bits per heavy atom. The Labute approximate surface area is 240 Å². The summed E-state index contributed by atoms with van der Waals surface area (Å²) < 4.78 is 28.7. The molecular formula is C29H38FN5O5Si. The summed E-state index contributed by atoms with van der Waals surface area (Å²) in [6, 6.07) is 8.94. The largest absolute Gasteiger partial charge is 0.508 e. The minimum atomic E-state index is -1.48. The molecule has 0 aliphatic carbocycles. The molecule has 2 amide bonds. The highest BCUT2D eigenvalue weighted by atomic mass is 28.3. The van der Waals surface area contributed by atoms with Crippen LogP contribution in [0.2, 0.25) is 25.7 Å². The molecule has 2 atom stereocenters. The number of primary amides is 1. The lowest BCUT2D eigenvalue weighted by atomic mass is 10.0. The third-order valence-corrected chi connectivity index (χ3v) is 8.71. The smallest absolute Gasteiger partial charge is 0.254 e. The molecule has 41 heavy (non-hydrogen) atoms. The molecule has 1 saturated heterocycles. The fraction of sp³-hybridized carbons (Fsp3) is 0.448. The van der Waals surface area contributed by atoms with Gasteiger partial charge < -0.3 is 29.8 Å². The lowest BCUT2D eigenvalue weighted by Gasteiger charge is -2.34. The number of piperidine rings is 1. The molecule has 0 saturated carbocycles. The maximum Gasteiger partial charge on any atom is 0.254 e. The molecule has 0 unspecified atom stereocenters. The molecule has 3 heterocycles. The number of rotatable bonds is 11. The number of hydrogen-bond donors (Lipinski definition) is 2. The first-order valence-electron chi connectivity index (χ1n) is 13.7. The molecule has 10 nitrogen and oxygen atoms in total.